The van der Waals surface area contributed by atoms with Gasteiger partial charge in [-0.05, 0) is 42.7 Å². The molecule has 8 heteroatoms. The molecule has 1 aromatic heterocycles. The zero-order valence-electron chi connectivity index (χ0n) is 17.1. The fourth-order valence-electron chi connectivity index (χ4n) is 2.88. The number of hydrogen-bond acceptors (Lipinski definition) is 5. The third-order valence-corrected chi connectivity index (χ3v) is 5.82. The molecule has 1 heterocycles. The summed E-state index contributed by atoms with van der Waals surface area (Å²) in [4.78, 5) is 12.3. The third kappa shape index (κ3) is 6.00. The van der Waals surface area contributed by atoms with Gasteiger partial charge < -0.3 is 4.74 Å². The quantitative estimate of drug-likeness (QED) is 0.434. The molecule has 3 aromatic rings. The summed E-state index contributed by atoms with van der Waals surface area (Å²) in [7, 11) is 0. The molecule has 0 saturated carbocycles. The average Bonchev–Trinajstić information content (AvgIpc) is 3.14. The highest BCUT2D eigenvalue weighted by molar-refractivity contribution is 7.98. The molecule has 2 aromatic carbocycles. The second kappa shape index (κ2) is 11.0. The smallest absolute Gasteiger partial charge is 0.264 e. The zero-order chi connectivity index (χ0) is 21.3. The van der Waals surface area contributed by atoms with Crippen molar-refractivity contribution < 1.29 is 9.53 Å². The Kier molecular flexibility index (Phi) is 8.16. The van der Waals surface area contributed by atoms with Gasteiger partial charge in [0.15, 0.2) is 11.8 Å². The van der Waals surface area contributed by atoms with Crippen molar-refractivity contribution in [1.29, 1.82) is 0 Å². The van der Waals surface area contributed by atoms with Gasteiger partial charge in [-0.2, -0.15) is 0 Å². The van der Waals surface area contributed by atoms with Crippen molar-refractivity contribution in [2.75, 3.05) is 11.9 Å². The Morgan fingerprint density at radius 1 is 1.13 bits per heavy atom. The Morgan fingerprint density at radius 3 is 2.60 bits per heavy atom. The van der Waals surface area contributed by atoms with Crippen LogP contribution in [0.5, 0.6) is 5.75 Å². The van der Waals surface area contributed by atoms with Crippen LogP contribution in [0.25, 0.3) is 0 Å². The lowest BCUT2D eigenvalue weighted by Crippen LogP contribution is -2.22. The van der Waals surface area contributed by atoms with Crippen molar-refractivity contribution in [3.63, 3.8) is 0 Å². The van der Waals surface area contributed by atoms with Crippen molar-refractivity contribution in [3.05, 3.63) is 64.7 Å². The minimum absolute atomic E-state index is 0.0915. The molecule has 0 aliphatic carbocycles. The number of amides is 1. The van der Waals surface area contributed by atoms with Crippen LogP contribution in [0.15, 0.2) is 53.7 Å². The van der Waals surface area contributed by atoms with Gasteiger partial charge in [-0.1, -0.05) is 67.0 Å². The fourth-order valence-corrected chi connectivity index (χ4v) is 4.17. The van der Waals surface area contributed by atoms with E-state index in [9.17, 15) is 4.79 Å². The number of halogens is 1. The predicted molar refractivity (Wildman–Crippen MR) is 121 cm³/mol. The van der Waals surface area contributed by atoms with Crippen LogP contribution in [-0.2, 0) is 23.5 Å². The first-order chi connectivity index (χ1) is 14.6. The first-order valence-electron chi connectivity index (χ1n) is 9.91. The number of ether oxygens (including phenoxy) is 1. The maximum absolute atomic E-state index is 12.3. The summed E-state index contributed by atoms with van der Waals surface area (Å²) in [5.41, 5.74) is 2.28. The summed E-state index contributed by atoms with van der Waals surface area (Å²) in [6.45, 7) is 4.66. The Balaban J connectivity index is 1.55. The van der Waals surface area contributed by atoms with Gasteiger partial charge in [-0.25, -0.2) is 0 Å². The maximum Gasteiger partial charge on any atom is 0.264 e. The van der Waals surface area contributed by atoms with Crippen molar-refractivity contribution in [2.24, 2.45) is 0 Å². The first-order valence-corrected chi connectivity index (χ1v) is 11.3. The topological polar surface area (TPSA) is 69.0 Å². The minimum atomic E-state index is -0.280. The molecule has 0 unspecified atom stereocenters. The first kappa shape index (κ1) is 22.2. The van der Waals surface area contributed by atoms with Crippen LogP contribution >= 0.6 is 23.4 Å². The molecule has 0 aliphatic rings. The summed E-state index contributed by atoms with van der Waals surface area (Å²) in [5, 5.41) is 12.6. The van der Waals surface area contributed by atoms with Gasteiger partial charge in [0.1, 0.15) is 5.75 Å². The van der Waals surface area contributed by atoms with Crippen LogP contribution in [0.4, 0.5) is 5.95 Å². The molecule has 0 spiro atoms. The van der Waals surface area contributed by atoms with E-state index >= 15 is 0 Å². The maximum atomic E-state index is 12.3. The summed E-state index contributed by atoms with van der Waals surface area (Å²) >= 11 is 7.75. The third-order valence-electron chi connectivity index (χ3n) is 4.43. The summed E-state index contributed by atoms with van der Waals surface area (Å²) < 4.78 is 7.44. The lowest BCUT2D eigenvalue weighted by molar-refractivity contribution is -0.118. The molecule has 0 bridgehead atoms. The predicted octanol–water partition coefficient (Wildman–Crippen LogP) is 5.21. The van der Waals surface area contributed by atoms with E-state index in [1.54, 1.807) is 0 Å². The molecule has 6 nitrogen and oxygen atoms in total. The van der Waals surface area contributed by atoms with Crippen molar-refractivity contribution >= 4 is 35.2 Å². The van der Waals surface area contributed by atoms with Crippen LogP contribution in [0, 0.1) is 0 Å². The molecule has 0 atom stereocenters. The van der Waals surface area contributed by atoms with Crippen LogP contribution < -0.4 is 10.1 Å². The Bertz CT molecular complexity index is 976. The number of nitrogens with one attached hydrogen (secondary N) is 1. The average molecular weight is 445 g/mol. The number of thioether (sulfide) groups is 1. The number of rotatable bonds is 10. The van der Waals surface area contributed by atoms with Crippen LogP contribution in [0.1, 0.15) is 31.4 Å². The highest BCUT2D eigenvalue weighted by atomic mass is 35.5. The number of aryl methyl sites for hydroxylation is 1. The molecular formula is C22H25ClN4O2S. The summed E-state index contributed by atoms with van der Waals surface area (Å²) in [5.74, 6) is 1.46. The molecule has 0 fully saturated rings. The SMILES string of the molecule is CCCc1ccc(OCC(=O)Nc2nnc(SCc3ccccc3Cl)n2CC)cc1. The monoisotopic (exact) mass is 444 g/mol. The van der Waals surface area contributed by atoms with E-state index in [4.69, 9.17) is 16.3 Å². The Hall–Kier alpha value is -2.51. The number of aromatic nitrogens is 3. The minimum Gasteiger partial charge on any atom is -0.484 e. The van der Waals surface area contributed by atoms with Gasteiger partial charge in [-0.15, -0.1) is 10.2 Å². The van der Waals surface area contributed by atoms with Gasteiger partial charge in [0, 0.05) is 17.3 Å². The second-order valence-corrected chi connectivity index (χ2v) is 8.01. The van der Waals surface area contributed by atoms with Crippen molar-refractivity contribution in [1.82, 2.24) is 14.8 Å². The summed E-state index contributed by atoms with van der Waals surface area (Å²) in [6, 6.07) is 15.5. The fraction of sp³-hybridized carbons (Fsp3) is 0.318. The number of anilines is 1. The molecule has 3 rings (SSSR count). The van der Waals surface area contributed by atoms with E-state index in [0.717, 1.165) is 28.6 Å². The number of carbonyl (C=O) groups is 1. The summed E-state index contributed by atoms with van der Waals surface area (Å²) in [6.07, 6.45) is 2.13. The standard InChI is InChI=1S/C22H25ClN4O2S/c1-3-7-16-10-12-18(13-11-16)29-14-20(28)24-21-25-26-22(27(21)4-2)30-15-17-8-5-6-9-19(17)23/h5-6,8-13H,3-4,7,14-15H2,1-2H3,(H,24,25,28). The van der Waals surface area contributed by atoms with Crippen molar-refractivity contribution in [2.45, 2.75) is 44.1 Å². The second-order valence-electron chi connectivity index (χ2n) is 6.66. The number of benzene rings is 2. The van der Waals surface area contributed by atoms with Crippen LogP contribution in [-0.4, -0.2) is 27.3 Å². The number of nitrogens with zero attached hydrogens (tertiary/aromatic N) is 3. The van der Waals surface area contributed by atoms with Gasteiger partial charge in [-0.3, -0.25) is 14.7 Å². The van der Waals surface area contributed by atoms with E-state index in [-0.39, 0.29) is 12.5 Å². The Morgan fingerprint density at radius 2 is 1.90 bits per heavy atom. The van der Waals surface area contributed by atoms with Gasteiger partial charge in [0.2, 0.25) is 5.95 Å². The lowest BCUT2D eigenvalue weighted by Gasteiger charge is -2.10. The highest BCUT2D eigenvalue weighted by Gasteiger charge is 2.15. The largest absolute Gasteiger partial charge is 0.484 e. The molecule has 30 heavy (non-hydrogen) atoms. The normalized spacial score (nSPS) is 10.8. The number of carbonyl (C=O) groups excluding carboxylic acids is 1. The Labute approximate surface area is 186 Å². The van der Waals surface area contributed by atoms with Crippen LogP contribution in [0.2, 0.25) is 5.02 Å². The zero-order valence-corrected chi connectivity index (χ0v) is 18.7. The lowest BCUT2D eigenvalue weighted by atomic mass is 10.1. The molecule has 1 N–H and O–H groups in total. The van der Waals surface area contributed by atoms with E-state index in [0.29, 0.717) is 24.0 Å². The molecule has 0 aliphatic heterocycles. The molecule has 158 valence electrons. The van der Waals surface area contributed by atoms with Gasteiger partial charge >= 0.3 is 0 Å². The molecule has 0 saturated heterocycles. The van der Waals surface area contributed by atoms with E-state index in [1.165, 1.54) is 17.3 Å². The van der Waals surface area contributed by atoms with E-state index in [1.807, 2.05) is 60.0 Å². The van der Waals surface area contributed by atoms with Gasteiger partial charge in [0.25, 0.3) is 5.91 Å². The van der Waals surface area contributed by atoms with E-state index < -0.39 is 0 Å². The molecule has 0 radical (unpaired) electrons. The van der Waals surface area contributed by atoms with Crippen LogP contribution in [0.3, 0.4) is 0 Å². The molecule has 1 amide bonds. The van der Waals surface area contributed by atoms with Gasteiger partial charge in [0.05, 0.1) is 0 Å². The molecular weight excluding hydrogens is 420 g/mol. The highest BCUT2D eigenvalue weighted by Crippen LogP contribution is 2.27. The number of hydrogen-bond donors (Lipinski definition) is 1. The van der Waals surface area contributed by atoms with Crippen molar-refractivity contribution in [3.8, 4) is 5.75 Å². The van der Waals surface area contributed by atoms with E-state index in [2.05, 4.69) is 22.4 Å².